The van der Waals surface area contributed by atoms with E-state index in [0.29, 0.717) is 36.5 Å². The summed E-state index contributed by atoms with van der Waals surface area (Å²) in [5.41, 5.74) is 6.60. The van der Waals surface area contributed by atoms with E-state index in [1.165, 1.54) is 0 Å². The van der Waals surface area contributed by atoms with Gasteiger partial charge in [0.15, 0.2) is 0 Å². The Morgan fingerprint density at radius 3 is 2.42 bits per heavy atom. The molecule has 1 heterocycles. The van der Waals surface area contributed by atoms with Crippen LogP contribution < -0.4 is 15.2 Å². The number of hydrogen-bond donors (Lipinski definition) is 1. The second kappa shape index (κ2) is 6.15. The van der Waals surface area contributed by atoms with Gasteiger partial charge in [-0.15, -0.1) is 0 Å². The van der Waals surface area contributed by atoms with Crippen molar-refractivity contribution in [2.75, 3.05) is 6.61 Å². The molecule has 100 valence electrons. The molecule has 0 aliphatic rings. The maximum absolute atomic E-state index is 5.67. The van der Waals surface area contributed by atoms with Gasteiger partial charge in [-0.25, -0.2) is 0 Å². The van der Waals surface area contributed by atoms with Gasteiger partial charge in [0.05, 0.1) is 12.7 Å². The van der Waals surface area contributed by atoms with Gasteiger partial charge in [0.2, 0.25) is 11.8 Å². The molecule has 0 saturated carbocycles. The lowest BCUT2D eigenvalue weighted by atomic mass is 10.2. The highest BCUT2D eigenvalue weighted by Gasteiger charge is 2.05. The molecule has 0 aliphatic heterocycles. The van der Waals surface area contributed by atoms with Gasteiger partial charge in [0, 0.05) is 6.54 Å². The van der Waals surface area contributed by atoms with Crippen LogP contribution >= 0.6 is 0 Å². The van der Waals surface area contributed by atoms with Gasteiger partial charge >= 0.3 is 0 Å². The first-order valence-corrected chi connectivity index (χ1v) is 6.16. The summed E-state index contributed by atoms with van der Waals surface area (Å²) < 4.78 is 11.0. The van der Waals surface area contributed by atoms with Gasteiger partial charge in [0.1, 0.15) is 11.6 Å². The first kappa shape index (κ1) is 13.3. The van der Waals surface area contributed by atoms with E-state index in [2.05, 4.69) is 9.97 Å². The zero-order valence-electron chi connectivity index (χ0n) is 11.1. The minimum absolute atomic E-state index is 0.469. The maximum Gasteiger partial charge on any atom is 0.226 e. The van der Waals surface area contributed by atoms with Crippen LogP contribution in [-0.2, 0) is 6.54 Å². The zero-order chi connectivity index (χ0) is 13.7. The molecular weight excluding hydrogens is 242 g/mol. The molecule has 0 amide bonds. The molecule has 0 unspecified atom stereocenters. The van der Waals surface area contributed by atoms with Crippen molar-refractivity contribution in [2.45, 2.75) is 20.4 Å². The van der Waals surface area contributed by atoms with E-state index in [0.717, 1.165) is 5.56 Å². The number of aromatic nitrogens is 2. The maximum atomic E-state index is 5.67. The van der Waals surface area contributed by atoms with Crippen LogP contribution in [0.2, 0.25) is 0 Å². The molecule has 5 nitrogen and oxygen atoms in total. The quantitative estimate of drug-likeness (QED) is 0.893. The Hall–Kier alpha value is -2.14. The third kappa shape index (κ3) is 3.66. The van der Waals surface area contributed by atoms with E-state index in [9.17, 15) is 0 Å². The van der Waals surface area contributed by atoms with Gasteiger partial charge in [0.25, 0.3) is 0 Å². The van der Waals surface area contributed by atoms with Gasteiger partial charge in [-0.2, -0.15) is 9.97 Å². The average Bonchev–Trinajstić information content (AvgIpc) is 2.39. The number of hydrogen-bond acceptors (Lipinski definition) is 5. The second-order valence-corrected chi connectivity index (χ2v) is 3.97. The summed E-state index contributed by atoms with van der Waals surface area (Å²) in [4.78, 5) is 8.38. The van der Waals surface area contributed by atoms with Crippen molar-refractivity contribution in [2.24, 2.45) is 5.73 Å². The molecule has 0 saturated heterocycles. The summed E-state index contributed by atoms with van der Waals surface area (Å²) in [6, 6.07) is 9.24. The van der Waals surface area contributed by atoms with E-state index in [-0.39, 0.29) is 0 Å². The SMILES string of the molecule is CCOc1cc(Oc2ccc(CN)cc2)nc(C)n1. The van der Waals surface area contributed by atoms with E-state index in [1.807, 2.05) is 31.2 Å². The lowest BCUT2D eigenvalue weighted by Crippen LogP contribution is -1.99. The van der Waals surface area contributed by atoms with Gasteiger partial charge in [-0.3, -0.25) is 0 Å². The summed E-state index contributed by atoms with van der Waals surface area (Å²) >= 11 is 0. The molecule has 2 rings (SSSR count). The molecule has 0 radical (unpaired) electrons. The highest BCUT2D eigenvalue weighted by molar-refractivity contribution is 5.31. The first-order valence-electron chi connectivity index (χ1n) is 6.16. The minimum atomic E-state index is 0.469. The van der Waals surface area contributed by atoms with Crippen molar-refractivity contribution in [3.63, 3.8) is 0 Å². The molecule has 19 heavy (non-hydrogen) atoms. The molecule has 0 bridgehead atoms. The van der Waals surface area contributed by atoms with Crippen molar-refractivity contribution in [3.8, 4) is 17.5 Å². The normalized spacial score (nSPS) is 10.3. The summed E-state index contributed by atoms with van der Waals surface area (Å²) in [6.45, 7) is 4.78. The minimum Gasteiger partial charge on any atom is -0.478 e. The van der Waals surface area contributed by atoms with Crippen molar-refractivity contribution < 1.29 is 9.47 Å². The van der Waals surface area contributed by atoms with Crippen LogP contribution in [0.5, 0.6) is 17.5 Å². The van der Waals surface area contributed by atoms with Crippen LogP contribution in [0.3, 0.4) is 0 Å². The van der Waals surface area contributed by atoms with Crippen LogP contribution in [0.1, 0.15) is 18.3 Å². The van der Waals surface area contributed by atoms with E-state index < -0.39 is 0 Å². The van der Waals surface area contributed by atoms with Crippen molar-refractivity contribution in [1.82, 2.24) is 9.97 Å². The Labute approximate surface area is 112 Å². The molecule has 0 atom stereocenters. The third-order valence-corrected chi connectivity index (χ3v) is 2.46. The first-order chi connectivity index (χ1) is 9.21. The molecule has 2 aromatic rings. The summed E-state index contributed by atoms with van der Waals surface area (Å²) in [5, 5.41) is 0. The fourth-order valence-corrected chi connectivity index (χ4v) is 1.60. The standard InChI is InChI=1S/C14H17N3O2/c1-3-18-13-8-14(17-10(2)16-13)19-12-6-4-11(9-15)5-7-12/h4-8H,3,9,15H2,1-2H3. The Morgan fingerprint density at radius 1 is 1.11 bits per heavy atom. The Kier molecular flexibility index (Phi) is 4.30. The van der Waals surface area contributed by atoms with Crippen molar-refractivity contribution >= 4 is 0 Å². The fourth-order valence-electron chi connectivity index (χ4n) is 1.60. The van der Waals surface area contributed by atoms with Crippen LogP contribution in [0.15, 0.2) is 30.3 Å². The molecule has 1 aromatic carbocycles. The van der Waals surface area contributed by atoms with Crippen molar-refractivity contribution in [1.29, 1.82) is 0 Å². The van der Waals surface area contributed by atoms with E-state index in [1.54, 1.807) is 13.0 Å². The molecule has 1 aromatic heterocycles. The molecule has 0 aliphatic carbocycles. The largest absolute Gasteiger partial charge is 0.478 e. The lowest BCUT2D eigenvalue weighted by Gasteiger charge is -2.08. The Bertz CT molecular complexity index is 541. The highest BCUT2D eigenvalue weighted by Crippen LogP contribution is 2.22. The molecule has 0 spiro atoms. The predicted molar refractivity (Wildman–Crippen MR) is 72.3 cm³/mol. The fraction of sp³-hybridized carbons (Fsp3) is 0.286. The van der Waals surface area contributed by atoms with Crippen LogP contribution in [0.4, 0.5) is 0 Å². The molecule has 5 heteroatoms. The van der Waals surface area contributed by atoms with Gasteiger partial charge in [-0.05, 0) is 31.5 Å². The number of benzene rings is 1. The summed E-state index contributed by atoms with van der Waals surface area (Å²) in [7, 11) is 0. The molecular formula is C14H17N3O2. The smallest absolute Gasteiger partial charge is 0.226 e. The zero-order valence-corrected chi connectivity index (χ0v) is 11.1. The average molecular weight is 259 g/mol. The predicted octanol–water partition coefficient (Wildman–Crippen LogP) is 2.43. The molecule has 0 fully saturated rings. The third-order valence-electron chi connectivity index (χ3n) is 2.46. The van der Waals surface area contributed by atoms with E-state index >= 15 is 0 Å². The highest BCUT2D eigenvalue weighted by atomic mass is 16.5. The van der Waals surface area contributed by atoms with Crippen LogP contribution in [0, 0.1) is 6.92 Å². The number of rotatable bonds is 5. The van der Waals surface area contributed by atoms with Crippen LogP contribution in [-0.4, -0.2) is 16.6 Å². The number of aryl methyl sites for hydroxylation is 1. The Balaban J connectivity index is 2.17. The monoisotopic (exact) mass is 259 g/mol. The van der Waals surface area contributed by atoms with Crippen molar-refractivity contribution in [3.05, 3.63) is 41.7 Å². The summed E-state index contributed by atoms with van der Waals surface area (Å²) in [6.07, 6.45) is 0. The number of nitrogens with two attached hydrogens (primary N) is 1. The van der Waals surface area contributed by atoms with Gasteiger partial charge in [-0.1, -0.05) is 12.1 Å². The van der Waals surface area contributed by atoms with Gasteiger partial charge < -0.3 is 15.2 Å². The lowest BCUT2D eigenvalue weighted by molar-refractivity contribution is 0.321. The molecule has 2 N–H and O–H groups in total. The Morgan fingerprint density at radius 2 is 1.79 bits per heavy atom. The topological polar surface area (TPSA) is 70.3 Å². The van der Waals surface area contributed by atoms with E-state index in [4.69, 9.17) is 15.2 Å². The number of ether oxygens (including phenoxy) is 2. The number of nitrogens with zero attached hydrogens (tertiary/aromatic N) is 2. The van der Waals surface area contributed by atoms with Crippen LogP contribution in [0.25, 0.3) is 0 Å². The second-order valence-electron chi connectivity index (χ2n) is 3.97. The summed E-state index contributed by atoms with van der Waals surface area (Å²) in [5.74, 6) is 2.30.